The van der Waals surface area contributed by atoms with E-state index in [1.165, 1.54) is 17.7 Å². The number of carbonyl (C=O) groups is 1. The number of hydrogen-bond acceptors (Lipinski definition) is 2. The molecule has 1 saturated carbocycles. The third-order valence-electron chi connectivity index (χ3n) is 4.21. The standard InChI is InChI=1S/C12H15N3O/c1-6-4-15(5-6)12(16)11-9-3-7-2-8(7)10(9)13-14-11/h6-8H,2-5H2,1H3,(H,13,14)/t7-,8-/m1/s1. The van der Waals surface area contributed by atoms with Gasteiger partial charge in [0.05, 0.1) is 0 Å². The molecule has 2 aliphatic carbocycles. The Kier molecular flexibility index (Phi) is 1.47. The molecule has 2 atom stereocenters. The SMILES string of the molecule is CC1CN(C(=O)c2n[nH]c3c2C[C@H]2C[C@@H]32)C1. The van der Waals surface area contributed by atoms with Crippen LogP contribution in [0.15, 0.2) is 0 Å². The van der Waals surface area contributed by atoms with E-state index in [0.29, 0.717) is 17.5 Å². The van der Waals surface area contributed by atoms with Gasteiger partial charge in [-0.1, -0.05) is 6.92 Å². The first-order valence-electron chi connectivity index (χ1n) is 6.10. The number of aromatic nitrogens is 2. The fourth-order valence-electron chi connectivity index (χ4n) is 3.17. The van der Waals surface area contributed by atoms with Crippen molar-refractivity contribution in [2.45, 2.75) is 25.7 Å². The van der Waals surface area contributed by atoms with Crippen molar-refractivity contribution in [1.29, 1.82) is 0 Å². The quantitative estimate of drug-likeness (QED) is 0.767. The summed E-state index contributed by atoms with van der Waals surface area (Å²) in [6.45, 7) is 3.97. The van der Waals surface area contributed by atoms with Crippen molar-refractivity contribution in [3.63, 3.8) is 0 Å². The van der Waals surface area contributed by atoms with E-state index in [4.69, 9.17) is 0 Å². The summed E-state index contributed by atoms with van der Waals surface area (Å²) in [5, 5.41) is 7.30. The molecule has 2 fully saturated rings. The third kappa shape index (κ3) is 0.996. The molecule has 2 heterocycles. The van der Waals surface area contributed by atoms with Crippen LogP contribution >= 0.6 is 0 Å². The van der Waals surface area contributed by atoms with Gasteiger partial charge in [0.2, 0.25) is 0 Å². The van der Waals surface area contributed by atoms with Crippen molar-refractivity contribution in [3.05, 3.63) is 17.0 Å². The zero-order valence-corrected chi connectivity index (χ0v) is 9.36. The normalized spacial score (nSPS) is 30.9. The molecule has 4 nitrogen and oxygen atoms in total. The Labute approximate surface area is 94.0 Å². The van der Waals surface area contributed by atoms with Gasteiger partial charge in [-0.05, 0) is 24.7 Å². The van der Waals surface area contributed by atoms with E-state index in [-0.39, 0.29) is 5.91 Å². The van der Waals surface area contributed by atoms with Crippen LogP contribution in [0.3, 0.4) is 0 Å². The van der Waals surface area contributed by atoms with Crippen LogP contribution in [0.2, 0.25) is 0 Å². The summed E-state index contributed by atoms with van der Waals surface area (Å²) >= 11 is 0. The molecular formula is C12H15N3O. The maximum Gasteiger partial charge on any atom is 0.274 e. The Morgan fingerprint density at radius 3 is 3.06 bits per heavy atom. The summed E-state index contributed by atoms with van der Waals surface area (Å²) in [5.41, 5.74) is 3.17. The number of nitrogens with zero attached hydrogens (tertiary/aromatic N) is 2. The zero-order chi connectivity index (χ0) is 10.9. The van der Waals surface area contributed by atoms with Crippen molar-refractivity contribution < 1.29 is 4.79 Å². The van der Waals surface area contributed by atoms with Crippen molar-refractivity contribution in [3.8, 4) is 0 Å². The van der Waals surface area contributed by atoms with E-state index in [9.17, 15) is 4.79 Å². The second-order valence-electron chi connectivity index (χ2n) is 5.59. The molecule has 0 spiro atoms. The number of aromatic amines is 1. The molecule has 16 heavy (non-hydrogen) atoms. The third-order valence-corrected chi connectivity index (χ3v) is 4.21. The number of likely N-dealkylation sites (tertiary alicyclic amines) is 1. The number of rotatable bonds is 1. The van der Waals surface area contributed by atoms with Gasteiger partial charge in [-0.2, -0.15) is 5.10 Å². The largest absolute Gasteiger partial charge is 0.337 e. The lowest BCUT2D eigenvalue weighted by molar-refractivity contribution is 0.0523. The molecule has 0 unspecified atom stereocenters. The summed E-state index contributed by atoms with van der Waals surface area (Å²) in [6, 6.07) is 0. The van der Waals surface area contributed by atoms with Crippen LogP contribution in [-0.4, -0.2) is 34.1 Å². The van der Waals surface area contributed by atoms with Gasteiger partial charge in [0.1, 0.15) is 0 Å². The predicted octanol–water partition coefficient (Wildman–Crippen LogP) is 1.16. The van der Waals surface area contributed by atoms with E-state index in [2.05, 4.69) is 17.1 Å². The lowest BCUT2D eigenvalue weighted by atomic mass is 10.0. The highest BCUT2D eigenvalue weighted by Crippen LogP contribution is 2.56. The first kappa shape index (κ1) is 8.79. The molecular weight excluding hydrogens is 202 g/mol. The van der Waals surface area contributed by atoms with E-state index in [0.717, 1.165) is 25.4 Å². The van der Waals surface area contributed by atoms with Crippen LogP contribution in [0, 0.1) is 11.8 Å². The van der Waals surface area contributed by atoms with Crippen molar-refractivity contribution >= 4 is 5.91 Å². The van der Waals surface area contributed by atoms with E-state index < -0.39 is 0 Å². The molecule has 1 N–H and O–H groups in total. The number of fused-ring (bicyclic) bond motifs is 3. The summed E-state index contributed by atoms with van der Waals surface area (Å²) < 4.78 is 0. The summed E-state index contributed by atoms with van der Waals surface area (Å²) in [7, 11) is 0. The van der Waals surface area contributed by atoms with E-state index in [1.54, 1.807) is 0 Å². The molecule has 1 aromatic heterocycles. The maximum atomic E-state index is 12.2. The summed E-state index contributed by atoms with van der Waals surface area (Å²) in [6.07, 6.45) is 2.37. The molecule has 4 rings (SSSR count). The number of carbonyl (C=O) groups excluding carboxylic acids is 1. The lowest BCUT2D eigenvalue weighted by Crippen LogP contribution is -2.49. The van der Waals surface area contributed by atoms with Crippen LogP contribution in [0.4, 0.5) is 0 Å². The van der Waals surface area contributed by atoms with Gasteiger partial charge < -0.3 is 4.90 Å². The molecule has 3 aliphatic rings. The molecule has 0 radical (unpaired) electrons. The molecule has 1 saturated heterocycles. The zero-order valence-electron chi connectivity index (χ0n) is 9.36. The lowest BCUT2D eigenvalue weighted by Gasteiger charge is -2.36. The number of H-pyrrole nitrogens is 1. The van der Waals surface area contributed by atoms with Gasteiger partial charge in [0.15, 0.2) is 5.69 Å². The smallest absolute Gasteiger partial charge is 0.274 e. The first-order valence-corrected chi connectivity index (χ1v) is 6.10. The Bertz CT molecular complexity index is 473. The second-order valence-corrected chi connectivity index (χ2v) is 5.59. The molecule has 4 heteroatoms. The van der Waals surface area contributed by atoms with Gasteiger partial charge in [0.25, 0.3) is 5.91 Å². The highest BCUT2D eigenvalue weighted by Gasteiger charge is 2.49. The summed E-state index contributed by atoms with van der Waals surface area (Å²) in [4.78, 5) is 14.1. The Morgan fingerprint density at radius 1 is 1.50 bits per heavy atom. The van der Waals surface area contributed by atoms with Gasteiger partial charge in [-0.15, -0.1) is 0 Å². The van der Waals surface area contributed by atoms with Crippen LogP contribution in [-0.2, 0) is 6.42 Å². The van der Waals surface area contributed by atoms with Crippen LogP contribution < -0.4 is 0 Å². The van der Waals surface area contributed by atoms with Crippen LogP contribution in [0.1, 0.15) is 41.0 Å². The summed E-state index contributed by atoms with van der Waals surface area (Å²) in [5.74, 6) is 2.30. The Balaban J connectivity index is 1.63. The molecule has 1 aliphatic heterocycles. The minimum atomic E-state index is 0.136. The molecule has 1 aromatic rings. The average molecular weight is 217 g/mol. The van der Waals surface area contributed by atoms with Gasteiger partial charge in [-0.3, -0.25) is 9.89 Å². The predicted molar refractivity (Wildman–Crippen MR) is 58.2 cm³/mol. The monoisotopic (exact) mass is 217 g/mol. The van der Waals surface area contributed by atoms with Crippen molar-refractivity contribution in [2.75, 3.05) is 13.1 Å². The fraction of sp³-hybridized carbons (Fsp3) is 0.667. The van der Waals surface area contributed by atoms with Gasteiger partial charge in [-0.25, -0.2) is 0 Å². The van der Waals surface area contributed by atoms with Crippen molar-refractivity contribution in [1.82, 2.24) is 15.1 Å². The molecule has 0 bridgehead atoms. The number of nitrogens with one attached hydrogen (secondary N) is 1. The van der Waals surface area contributed by atoms with Gasteiger partial charge >= 0.3 is 0 Å². The highest BCUT2D eigenvalue weighted by atomic mass is 16.2. The highest BCUT2D eigenvalue weighted by molar-refractivity contribution is 5.94. The second kappa shape index (κ2) is 2.67. The molecule has 1 amide bonds. The van der Waals surface area contributed by atoms with Crippen LogP contribution in [0.5, 0.6) is 0 Å². The fourth-order valence-corrected chi connectivity index (χ4v) is 3.17. The average Bonchev–Trinajstić information content (AvgIpc) is 2.71. The number of amides is 1. The Morgan fingerprint density at radius 2 is 2.31 bits per heavy atom. The topological polar surface area (TPSA) is 49.0 Å². The minimum absolute atomic E-state index is 0.136. The molecule has 0 aromatic carbocycles. The first-order chi connectivity index (χ1) is 7.74. The molecule has 84 valence electrons. The minimum Gasteiger partial charge on any atom is -0.337 e. The van der Waals surface area contributed by atoms with E-state index >= 15 is 0 Å². The van der Waals surface area contributed by atoms with E-state index in [1.807, 2.05) is 4.90 Å². The number of hydrogen-bond donors (Lipinski definition) is 1. The van der Waals surface area contributed by atoms with Gasteiger partial charge in [0, 0.05) is 30.3 Å². The Hall–Kier alpha value is -1.32. The van der Waals surface area contributed by atoms with Crippen LogP contribution in [0.25, 0.3) is 0 Å². The van der Waals surface area contributed by atoms with Crippen molar-refractivity contribution in [2.24, 2.45) is 11.8 Å². The maximum absolute atomic E-state index is 12.2.